The van der Waals surface area contributed by atoms with Crippen molar-refractivity contribution in [2.45, 2.75) is 70.5 Å². The molecule has 0 aliphatic rings. The van der Waals surface area contributed by atoms with E-state index in [0.29, 0.717) is 6.04 Å². The molecule has 0 aliphatic heterocycles. The van der Waals surface area contributed by atoms with Crippen molar-refractivity contribution in [1.82, 2.24) is 9.55 Å². The molecule has 1 heterocycles. The Kier molecular flexibility index (Phi) is 6.98. The minimum Gasteiger partial charge on any atom is -0.334 e. The number of rotatable bonds is 9. The zero-order valence-corrected chi connectivity index (χ0v) is 11.8. The molecule has 3 atom stereocenters. The molecule has 1 aromatic rings. The number of imidazole rings is 1. The van der Waals surface area contributed by atoms with E-state index in [4.69, 9.17) is 11.5 Å². The van der Waals surface area contributed by atoms with E-state index in [9.17, 15) is 0 Å². The maximum Gasteiger partial charge on any atom is 0.0948 e. The molecular weight excluding hydrogens is 224 g/mol. The second-order valence-electron chi connectivity index (χ2n) is 5.37. The van der Waals surface area contributed by atoms with Gasteiger partial charge in [-0.15, -0.1) is 0 Å². The fraction of sp³-hybridized carbons (Fsp3) is 0.786. The first-order valence-corrected chi connectivity index (χ1v) is 7.12. The van der Waals surface area contributed by atoms with Gasteiger partial charge in [0.15, 0.2) is 0 Å². The minimum atomic E-state index is 0.180. The van der Waals surface area contributed by atoms with Gasteiger partial charge in [-0.05, 0) is 26.2 Å². The van der Waals surface area contributed by atoms with Gasteiger partial charge in [0.2, 0.25) is 0 Å². The van der Waals surface area contributed by atoms with Crippen molar-refractivity contribution in [2.24, 2.45) is 11.5 Å². The summed E-state index contributed by atoms with van der Waals surface area (Å²) >= 11 is 0. The third kappa shape index (κ3) is 5.65. The fourth-order valence-electron chi connectivity index (χ4n) is 2.43. The third-order valence-corrected chi connectivity index (χ3v) is 3.34. The van der Waals surface area contributed by atoms with Gasteiger partial charge in [0.1, 0.15) is 0 Å². The van der Waals surface area contributed by atoms with Crippen LogP contribution >= 0.6 is 0 Å². The Balaban J connectivity index is 2.49. The van der Waals surface area contributed by atoms with Crippen LogP contribution in [0.15, 0.2) is 18.7 Å². The number of nitrogens with two attached hydrogens (primary N) is 2. The van der Waals surface area contributed by atoms with Crippen LogP contribution in [0, 0.1) is 0 Å². The molecule has 104 valence electrons. The van der Waals surface area contributed by atoms with Crippen LogP contribution in [0.25, 0.3) is 0 Å². The molecular formula is C14H28N4. The lowest BCUT2D eigenvalue weighted by molar-refractivity contribution is 0.366. The lowest BCUT2D eigenvalue weighted by atomic mass is 9.97. The molecule has 0 fully saturated rings. The predicted molar refractivity (Wildman–Crippen MR) is 76.3 cm³/mol. The van der Waals surface area contributed by atoms with Crippen molar-refractivity contribution in [3.63, 3.8) is 0 Å². The summed E-state index contributed by atoms with van der Waals surface area (Å²) in [6, 6.07) is 0.825. The molecule has 1 aromatic heterocycles. The van der Waals surface area contributed by atoms with E-state index in [1.807, 2.05) is 25.6 Å². The molecule has 4 nitrogen and oxygen atoms in total. The molecule has 0 radical (unpaired) electrons. The minimum absolute atomic E-state index is 0.180. The summed E-state index contributed by atoms with van der Waals surface area (Å²) in [5.74, 6) is 0. The predicted octanol–water partition coefficient (Wildman–Crippen LogP) is 2.46. The third-order valence-electron chi connectivity index (χ3n) is 3.34. The highest BCUT2D eigenvalue weighted by atomic mass is 15.1. The van der Waals surface area contributed by atoms with Crippen LogP contribution in [0.3, 0.4) is 0 Å². The van der Waals surface area contributed by atoms with E-state index in [-0.39, 0.29) is 12.1 Å². The van der Waals surface area contributed by atoms with E-state index in [1.165, 1.54) is 25.7 Å². The topological polar surface area (TPSA) is 69.9 Å². The average Bonchev–Trinajstić information content (AvgIpc) is 2.80. The summed E-state index contributed by atoms with van der Waals surface area (Å²) in [5.41, 5.74) is 12.0. The van der Waals surface area contributed by atoms with Gasteiger partial charge in [-0.2, -0.15) is 0 Å². The molecule has 0 bridgehead atoms. The largest absolute Gasteiger partial charge is 0.334 e. The van der Waals surface area contributed by atoms with Crippen LogP contribution in [0.5, 0.6) is 0 Å². The van der Waals surface area contributed by atoms with Crippen molar-refractivity contribution in [3.8, 4) is 0 Å². The van der Waals surface area contributed by atoms with E-state index in [1.54, 1.807) is 0 Å². The molecule has 4 heteroatoms. The monoisotopic (exact) mass is 252 g/mol. The molecule has 0 saturated carbocycles. The van der Waals surface area contributed by atoms with Gasteiger partial charge in [0.25, 0.3) is 0 Å². The first kappa shape index (κ1) is 15.2. The van der Waals surface area contributed by atoms with Crippen LogP contribution in [0.1, 0.15) is 58.4 Å². The fourth-order valence-corrected chi connectivity index (χ4v) is 2.43. The van der Waals surface area contributed by atoms with Crippen molar-refractivity contribution in [2.75, 3.05) is 0 Å². The summed E-state index contributed by atoms with van der Waals surface area (Å²) in [6.45, 7) is 4.25. The molecule has 0 aromatic carbocycles. The van der Waals surface area contributed by atoms with E-state index < -0.39 is 0 Å². The Bertz CT molecular complexity index is 295. The number of hydrogen-bond acceptors (Lipinski definition) is 3. The van der Waals surface area contributed by atoms with Gasteiger partial charge < -0.3 is 16.0 Å². The second-order valence-corrected chi connectivity index (χ2v) is 5.37. The SMILES string of the molecule is CCCCCC(CC(N)CC(C)N)n1ccnc1. The molecule has 0 amide bonds. The summed E-state index contributed by atoms with van der Waals surface area (Å²) < 4.78 is 2.19. The maximum atomic E-state index is 6.17. The maximum absolute atomic E-state index is 6.17. The number of nitrogens with zero attached hydrogens (tertiary/aromatic N) is 2. The molecule has 4 N–H and O–H groups in total. The van der Waals surface area contributed by atoms with Crippen molar-refractivity contribution < 1.29 is 0 Å². The molecule has 18 heavy (non-hydrogen) atoms. The zero-order valence-electron chi connectivity index (χ0n) is 11.8. The smallest absolute Gasteiger partial charge is 0.0948 e. The van der Waals surface area contributed by atoms with Gasteiger partial charge in [-0.1, -0.05) is 26.2 Å². The average molecular weight is 252 g/mol. The van der Waals surface area contributed by atoms with Crippen molar-refractivity contribution in [1.29, 1.82) is 0 Å². The Morgan fingerprint density at radius 2 is 2.00 bits per heavy atom. The van der Waals surface area contributed by atoms with Crippen LogP contribution in [-0.4, -0.2) is 21.6 Å². The van der Waals surface area contributed by atoms with Gasteiger partial charge in [0, 0.05) is 30.5 Å². The number of aromatic nitrogens is 2. The van der Waals surface area contributed by atoms with Gasteiger partial charge in [0.05, 0.1) is 6.33 Å². The number of hydrogen-bond donors (Lipinski definition) is 2. The Morgan fingerprint density at radius 3 is 2.56 bits per heavy atom. The number of unbranched alkanes of at least 4 members (excludes halogenated alkanes) is 2. The Morgan fingerprint density at radius 1 is 1.22 bits per heavy atom. The van der Waals surface area contributed by atoms with Crippen LogP contribution in [0.2, 0.25) is 0 Å². The van der Waals surface area contributed by atoms with Crippen LogP contribution < -0.4 is 11.5 Å². The van der Waals surface area contributed by atoms with Crippen LogP contribution in [0.4, 0.5) is 0 Å². The summed E-state index contributed by atoms with van der Waals surface area (Å²) in [7, 11) is 0. The Hall–Kier alpha value is -0.870. The molecule has 3 unspecified atom stereocenters. The highest BCUT2D eigenvalue weighted by molar-refractivity contribution is 4.83. The summed E-state index contributed by atoms with van der Waals surface area (Å²) in [6.07, 6.45) is 12.6. The Labute approximate surface area is 111 Å². The first-order chi connectivity index (χ1) is 8.63. The molecule has 1 rings (SSSR count). The molecule has 0 aliphatic carbocycles. The highest BCUT2D eigenvalue weighted by Crippen LogP contribution is 2.21. The van der Waals surface area contributed by atoms with Gasteiger partial charge >= 0.3 is 0 Å². The quantitative estimate of drug-likeness (QED) is 0.663. The lowest BCUT2D eigenvalue weighted by Gasteiger charge is -2.23. The van der Waals surface area contributed by atoms with Crippen molar-refractivity contribution >= 4 is 0 Å². The normalized spacial score (nSPS) is 16.4. The van der Waals surface area contributed by atoms with E-state index >= 15 is 0 Å². The highest BCUT2D eigenvalue weighted by Gasteiger charge is 2.15. The summed E-state index contributed by atoms with van der Waals surface area (Å²) in [4.78, 5) is 4.14. The van der Waals surface area contributed by atoms with Gasteiger partial charge in [-0.25, -0.2) is 4.98 Å². The standard InChI is InChI=1S/C14H28N4/c1-3-4-5-6-14(18-8-7-17-11-18)10-13(16)9-12(2)15/h7-8,11-14H,3-6,9-10,15-16H2,1-2H3. The second kappa shape index (κ2) is 8.27. The lowest BCUT2D eigenvalue weighted by Crippen LogP contribution is -2.31. The molecule has 0 saturated heterocycles. The zero-order chi connectivity index (χ0) is 13.4. The molecule has 0 spiro atoms. The van der Waals surface area contributed by atoms with Gasteiger partial charge in [-0.3, -0.25) is 0 Å². The summed E-state index contributed by atoms with van der Waals surface area (Å²) in [5, 5.41) is 0. The van der Waals surface area contributed by atoms with E-state index in [2.05, 4.69) is 16.5 Å². The van der Waals surface area contributed by atoms with Crippen molar-refractivity contribution in [3.05, 3.63) is 18.7 Å². The van der Waals surface area contributed by atoms with E-state index in [0.717, 1.165) is 12.8 Å². The first-order valence-electron chi connectivity index (χ1n) is 7.12. The van der Waals surface area contributed by atoms with Crippen LogP contribution in [-0.2, 0) is 0 Å².